The van der Waals surface area contributed by atoms with Crippen LogP contribution in [-0.4, -0.2) is 22.5 Å². The lowest BCUT2D eigenvalue weighted by Gasteiger charge is -2.11. The third-order valence-electron chi connectivity index (χ3n) is 4.12. The van der Waals surface area contributed by atoms with E-state index in [4.69, 9.17) is 4.74 Å². The van der Waals surface area contributed by atoms with E-state index in [9.17, 15) is 9.18 Å². The topological polar surface area (TPSA) is 64.1 Å². The van der Waals surface area contributed by atoms with Gasteiger partial charge < -0.3 is 10.1 Å². The Balaban J connectivity index is 1.50. The Labute approximate surface area is 164 Å². The quantitative estimate of drug-likeness (QED) is 0.528. The summed E-state index contributed by atoms with van der Waals surface area (Å²) in [5, 5.41) is 3.64. The molecule has 0 aliphatic heterocycles. The monoisotopic (exact) mass is 393 g/mol. The number of hydrogen-bond donors (Lipinski definition) is 1. The van der Waals surface area contributed by atoms with E-state index in [1.807, 2.05) is 37.3 Å². The second-order valence-corrected chi connectivity index (χ2v) is 7.12. The van der Waals surface area contributed by atoms with E-state index < -0.39 is 5.82 Å². The van der Waals surface area contributed by atoms with E-state index in [0.29, 0.717) is 5.69 Å². The molecule has 1 amide bonds. The van der Waals surface area contributed by atoms with Crippen molar-refractivity contribution in [3.05, 3.63) is 72.2 Å². The zero-order valence-corrected chi connectivity index (χ0v) is 15.8. The fourth-order valence-corrected chi connectivity index (χ4v) is 3.58. The molecule has 0 saturated carbocycles. The maximum atomic E-state index is 13.6. The van der Waals surface area contributed by atoms with Gasteiger partial charge in [-0.1, -0.05) is 35.6 Å². The minimum Gasteiger partial charge on any atom is -0.481 e. The lowest BCUT2D eigenvalue weighted by Crippen LogP contribution is -2.21. The van der Waals surface area contributed by atoms with Crippen molar-refractivity contribution >= 4 is 33.3 Å². The van der Waals surface area contributed by atoms with Crippen LogP contribution in [0, 0.1) is 12.7 Å². The van der Waals surface area contributed by atoms with Crippen molar-refractivity contribution in [1.29, 1.82) is 0 Å². The van der Waals surface area contributed by atoms with Gasteiger partial charge in [-0.2, -0.15) is 0 Å². The Morgan fingerprint density at radius 1 is 1.18 bits per heavy atom. The number of anilines is 1. The molecule has 1 N–H and O–H groups in total. The molecule has 4 aromatic rings. The standard InChI is InChI=1S/C21H16FN3O2S/c1-13-8-9-14(20-25-16-6-4-10-23-21(16)28-20)11-17(13)24-19(26)12-27-18-7-3-2-5-15(18)22/h2-11H,12H2,1H3,(H,24,26). The highest BCUT2D eigenvalue weighted by molar-refractivity contribution is 7.21. The summed E-state index contributed by atoms with van der Waals surface area (Å²) in [6.45, 7) is 1.62. The lowest BCUT2D eigenvalue weighted by molar-refractivity contribution is -0.118. The normalized spacial score (nSPS) is 10.8. The number of fused-ring (bicyclic) bond motifs is 1. The highest BCUT2D eigenvalue weighted by Crippen LogP contribution is 2.31. The zero-order chi connectivity index (χ0) is 19.5. The number of nitrogens with zero attached hydrogens (tertiary/aromatic N) is 2. The second kappa shape index (κ2) is 7.74. The van der Waals surface area contributed by atoms with Gasteiger partial charge in [0.05, 0.1) is 0 Å². The molecule has 0 aliphatic rings. The van der Waals surface area contributed by atoms with Gasteiger partial charge >= 0.3 is 0 Å². The van der Waals surface area contributed by atoms with Crippen molar-refractivity contribution in [3.63, 3.8) is 0 Å². The number of carbonyl (C=O) groups is 1. The summed E-state index contributed by atoms with van der Waals surface area (Å²) in [4.78, 5) is 22.0. The number of thiazole rings is 1. The molecule has 2 heterocycles. The van der Waals surface area contributed by atoms with E-state index in [-0.39, 0.29) is 18.3 Å². The Hall–Kier alpha value is -3.32. The van der Waals surface area contributed by atoms with Gasteiger partial charge in [0, 0.05) is 17.4 Å². The number of benzene rings is 2. The van der Waals surface area contributed by atoms with Gasteiger partial charge in [-0.3, -0.25) is 4.79 Å². The molecule has 2 aromatic carbocycles. The smallest absolute Gasteiger partial charge is 0.262 e. The number of aryl methyl sites for hydroxylation is 1. The number of halogens is 1. The molecule has 0 fully saturated rings. The molecule has 2 aromatic heterocycles. The Kier molecular flexibility index (Phi) is 4.99. The van der Waals surface area contributed by atoms with Gasteiger partial charge in [0.1, 0.15) is 15.4 Å². The predicted octanol–water partition coefficient (Wildman–Crippen LogP) is 4.82. The molecule has 4 rings (SSSR count). The minimum atomic E-state index is -0.502. The van der Waals surface area contributed by atoms with Crippen LogP contribution in [0.4, 0.5) is 10.1 Å². The number of nitrogens with one attached hydrogen (secondary N) is 1. The van der Waals surface area contributed by atoms with Crippen LogP contribution in [0.15, 0.2) is 60.8 Å². The summed E-state index contributed by atoms with van der Waals surface area (Å²) in [7, 11) is 0. The molecule has 140 valence electrons. The number of amides is 1. The molecule has 7 heteroatoms. The van der Waals surface area contributed by atoms with E-state index in [1.54, 1.807) is 18.3 Å². The van der Waals surface area contributed by atoms with Gasteiger partial charge in [0.15, 0.2) is 18.2 Å². The summed E-state index contributed by atoms with van der Waals surface area (Å²) >= 11 is 1.49. The Bertz CT molecular complexity index is 1130. The third-order valence-corrected chi connectivity index (χ3v) is 5.15. The number of pyridine rings is 1. The van der Waals surface area contributed by atoms with Crippen LogP contribution in [0.2, 0.25) is 0 Å². The summed E-state index contributed by atoms with van der Waals surface area (Å²) < 4.78 is 18.9. The molecule has 28 heavy (non-hydrogen) atoms. The summed E-state index contributed by atoms with van der Waals surface area (Å²) in [5.74, 6) is -0.822. The highest BCUT2D eigenvalue weighted by Gasteiger charge is 2.12. The van der Waals surface area contributed by atoms with Gasteiger partial charge in [0.2, 0.25) is 0 Å². The predicted molar refractivity (Wildman–Crippen MR) is 108 cm³/mol. The number of hydrogen-bond acceptors (Lipinski definition) is 5. The average molecular weight is 393 g/mol. The van der Waals surface area contributed by atoms with Crippen molar-refractivity contribution < 1.29 is 13.9 Å². The van der Waals surface area contributed by atoms with Crippen LogP contribution < -0.4 is 10.1 Å². The number of para-hydroxylation sites is 1. The molecule has 0 aliphatic carbocycles. The highest BCUT2D eigenvalue weighted by atomic mass is 32.1. The summed E-state index contributed by atoms with van der Waals surface area (Å²) in [5.41, 5.74) is 3.29. The van der Waals surface area contributed by atoms with Crippen LogP contribution in [-0.2, 0) is 4.79 Å². The Morgan fingerprint density at radius 3 is 2.86 bits per heavy atom. The van der Waals surface area contributed by atoms with E-state index >= 15 is 0 Å². The minimum absolute atomic E-state index is 0.0464. The van der Waals surface area contributed by atoms with Gasteiger partial charge in [-0.15, -0.1) is 0 Å². The molecule has 0 atom stereocenters. The number of carbonyl (C=O) groups excluding carboxylic acids is 1. The average Bonchev–Trinajstić information content (AvgIpc) is 3.13. The summed E-state index contributed by atoms with van der Waals surface area (Å²) in [6, 6.07) is 15.5. The van der Waals surface area contributed by atoms with Crippen molar-refractivity contribution in [1.82, 2.24) is 9.97 Å². The molecule has 0 spiro atoms. The maximum Gasteiger partial charge on any atom is 0.262 e. The first-order chi connectivity index (χ1) is 13.6. The van der Waals surface area contributed by atoms with Crippen LogP contribution in [0.1, 0.15) is 5.56 Å². The molecule has 0 unspecified atom stereocenters. The van der Waals surface area contributed by atoms with E-state index in [0.717, 1.165) is 26.5 Å². The van der Waals surface area contributed by atoms with Crippen molar-refractivity contribution in [3.8, 4) is 16.3 Å². The third kappa shape index (κ3) is 3.84. The first-order valence-corrected chi connectivity index (χ1v) is 9.41. The molecular weight excluding hydrogens is 377 g/mol. The fraction of sp³-hybridized carbons (Fsp3) is 0.0952. The molecule has 0 radical (unpaired) electrons. The van der Waals surface area contributed by atoms with Crippen LogP contribution >= 0.6 is 11.3 Å². The van der Waals surface area contributed by atoms with Crippen LogP contribution in [0.5, 0.6) is 5.75 Å². The summed E-state index contributed by atoms with van der Waals surface area (Å²) in [6.07, 6.45) is 1.74. The first kappa shape index (κ1) is 18.1. The largest absolute Gasteiger partial charge is 0.481 e. The van der Waals surface area contributed by atoms with Crippen molar-refractivity contribution in [2.75, 3.05) is 11.9 Å². The van der Waals surface area contributed by atoms with Crippen molar-refractivity contribution in [2.24, 2.45) is 0 Å². The Morgan fingerprint density at radius 2 is 2.04 bits per heavy atom. The van der Waals surface area contributed by atoms with E-state index in [1.165, 1.54) is 23.5 Å². The number of ether oxygens (including phenoxy) is 1. The number of rotatable bonds is 5. The molecular formula is C21H16FN3O2S. The lowest BCUT2D eigenvalue weighted by atomic mass is 10.1. The molecule has 5 nitrogen and oxygen atoms in total. The van der Waals surface area contributed by atoms with Crippen molar-refractivity contribution in [2.45, 2.75) is 6.92 Å². The van der Waals surface area contributed by atoms with Gasteiger partial charge in [-0.05, 0) is 42.8 Å². The second-order valence-electron chi connectivity index (χ2n) is 6.14. The zero-order valence-electron chi connectivity index (χ0n) is 15.0. The van der Waals surface area contributed by atoms with Gasteiger partial charge in [0.25, 0.3) is 5.91 Å². The van der Waals surface area contributed by atoms with Crippen LogP contribution in [0.3, 0.4) is 0 Å². The number of aromatic nitrogens is 2. The molecule has 0 bridgehead atoms. The van der Waals surface area contributed by atoms with Crippen LogP contribution in [0.25, 0.3) is 20.9 Å². The first-order valence-electron chi connectivity index (χ1n) is 8.60. The van der Waals surface area contributed by atoms with E-state index in [2.05, 4.69) is 15.3 Å². The maximum absolute atomic E-state index is 13.6. The SMILES string of the molecule is Cc1ccc(-c2nc3cccnc3s2)cc1NC(=O)COc1ccccc1F. The van der Waals surface area contributed by atoms with Gasteiger partial charge in [-0.25, -0.2) is 14.4 Å². The fourth-order valence-electron chi connectivity index (χ4n) is 2.67. The molecule has 0 saturated heterocycles.